The van der Waals surface area contributed by atoms with Crippen LogP contribution in [0, 0.1) is 11.6 Å². The molecule has 1 fully saturated rings. The molecule has 1 aliphatic rings. The molecular weight excluding hydrogens is 228 g/mol. The van der Waals surface area contributed by atoms with E-state index >= 15 is 0 Å². The van der Waals surface area contributed by atoms with Crippen LogP contribution in [0.1, 0.15) is 29.6 Å². The molecule has 0 heterocycles. The topological polar surface area (TPSA) is 49.3 Å². The minimum atomic E-state index is -0.790. The van der Waals surface area contributed by atoms with Gasteiger partial charge in [-0.15, -0.1) is 0 Å². The third-order valence-electron chi connectivity index (χ3n) is 3.12. The van der Waals surface area contributed by atoms with Crippen molar-refractivity contribution < 1.29 is 18.7 Å². The van der Waals surface area contributed by atoms with Crippen LogP contribution >= 0.6 is 0 Å². The number of carbonyl (C=O) groups is 1. The Kier molecular flexibility index (Phi) is 3.11. The summed E-state index contributed by atoms with van der Waals surface area (Å²) in [5, 5.41) is 11.8. The highest BCUT2D eigenvalue weighted by Crippen LogP contribution is 2.31. The van der Waals surface area contributed by atoms with Crippen molar-refractivity contribution in [1.82, 2.24) is 5.32 Å². The van der Waals surface area contributed by atoms with Crippen molar-refractivity contribution in [3.63, 3.8) is 0 Å². The molecule has 0 radical (unpaired) electrons. The van der Waals surface area contributed by atoms with Crippen molar-refractivity contribution in [1.29, 1.82) is 0 Å². The fourth-order valence-electron chi connectivity index (χ4n) is 1.92. The molecule has 1 aliphatic carbocycles. The van der Waals surface area contributed by atoms with Crippen LogP contribution in [0.15, 0.2) is 18.2 Å². The van der Waals surface area contributed by atoms with E-state index in [4.69, 9.17) is 0 Å². The molecular formula is C12H13F2NO2. The van der Waals surface area contributed by atoms with Crippen molar-refractivity contribution >= 4 is 5.91 Å². The highest BCUT2D eigenvalue weighted by atomic mass is 19.1. The molecule has 3 nitrogen and oxygen atoms in total. The summed E-state index contributed by atoms with van der Waals surface area (Å²) in [6.45, 7) is -0.156. The van der Waals surface area contributed by atoms with Gasteiger partial charge in [0, 0.05) is 11.6 Å². The second-order valence-electron chi connectivity index (χ2n) is 4.40. The van der Waals surface area contributed by atoms with Gasteiger partial charge in [-0.3, -0.25) is 4.79 Å². The average Bonchev–Trinajstić information content (AvgIpc) is 2.21. The van der Waals surface area contributed by atoms with Gasteiger partial charge in [0.05, 0.1) is 12.1 Å². The van der Waals surface area contributed by atoms with Crippen molar-refractivity contribution in [2.24, 2.45) is 0 Å². The van der Waals surface area contributed by atoms with E-state index in [1.165, 1.54) is 0 Å². The van der Waals surface area contributed by atoms with Crippen LogP contribution < -0.4 is 5.32 Å². The zero-order valence-electron chi connectivity index (χ0n) is 9.17. The van der Waals surface area contributed by atoms with E-state index in [1.54, 1.807) is 0 Å². The van der Waals surface area contributed by atoms with Crippen molar-refractivity contribution in [3.05, 3.63) is 35.4 Å². The summed E-state index contributed by atoms with van der Waals surface area (Å²) in [6, 6.07) is 2.66. The second-order valence-corrected chi connectivity index (χ2v) is 4.40. The Morgan fingerprint density at radius 3 is 2.29 bits per heavy atom. The second kappa shape index (κ2) is 4.41. The first-order chi connectivity index (χ1) is 8.04. The molecule has 1 aromatic rings. The Morgan fingerprint density at radius 1 is 1.29 bits per heavy atom. The van der Waals surface area contributed by atoms with Gasteiger partial charge in [0.15, 0.2) is 0 Å². The predicted octanol–water partition coefficient (Wildman–Crippen LogP) is 1.61. The molecule has 2 N–H and O–H groups in total. The maximum Gasteiger partial charge on any atom is 0.251 e. The van der Waals surface area contributed by atoms with E-state index in [-0.39, 0.29) is 12.2 Å². The fraction of sp³-hybridized carbons (Fsp3) is 0.417. The molecule has 0 unspecified atom stereocenters. The van der Waals surface area contributed by atoms with Crippen LogP contribution in [0.2, 0.25) is 0 Å². The SMILES string of the molecule is O=C(NC1(CO)CCC1)c1cc(F)cc(F)c1. The number of benzene rings is 1. The number of amides is 1. The third-order valence-corrected chi connectivity index (χ3v) is 3.12. The molecule has 1 aromatic carbocycles. The number of carbonyl (C=O) groups excluding carboxylic acids is 1. The highest BCUT2D eigenvalue weighted by Gasteiger charge is 2.37. The zero-order chi connectivity index (χ0) is 12.5. The smallest absolute Gasteiger partial charge is 0.251 e. The number of aliphatic hydroxyl groups is 1. The number of halogens is 2. The first-order valence-electron chi connectivity index (χ1n) is 5.44. The Balaban J connectivity index is 2.14. The maximum absolute atomic E-state index is 12.9. The molecule has 0 bridgehead atoms. The summed E-state index contributed by atoms with van der Waals surface area (Å²) in [5.41, 5.74) is -0.679. The van der Waals surface area contributed by atoms with E-state index in [2.05, 4.69) is 5.32 Å². The lowest BCUT2D eigenvalue weighted by atomic mass is 9.77. The van der Waals surface area contributed by atoms with E-state index in [0.29, 0.717) is 18.9 Å². The number of hydrogen-bond acceptors (Lipinski definition) is 2. The van der Waals surface area contributed by atoms with Gasteiger partial charge in [-0.1, -0.05) is 0 Å². The molecule has 0 aliphatic heterocycles. The molecule has 1 saturated carbocycles. The number of hydrogen-bond donors (Lipinski definition) is 2. The molecule has 0 saturated heterocycles. The molecule has 0 spiro atoms. The summed E-state index contributed by atoms with van der Waals surface area (Å²) >= 11 is 0. The van der Waals surface area contributed by atoms with Crippen molar-refractivity contribution in [3.8, 4) is 0 Å². The minimum absolute atomic E-state index is 0.0674. The molecule has 0 aromatic heterocycles. The van der Waals surface area contributed by atoms with E-state index in [9.17, 15) is 18.7 Å². The molecule has 2 rings (SSSR count). The molecule has 1 amide bonds. The Morgan fingerprint density at radius 2 is 1.88 bits per heavy atom. The van der Waals surface area contributed by atoms with Gasteiger partial charge in [-0.2, -0.15) is 0 Å². The van der Waals surface area contributed by atoms with Crippen LogP contribution in [0.4, 0.5) is 8.78 Å². The number of rotatable bonds is 3. The largest absolute Gasteiger partial charge is 0.394 e. The maximum atomic E-state index is 12.9. The van der Waals surface area contributed by atoms with Gasteiger partial charge in [0.1, 0.15) is 11.6 Å². The van der Waals surface area contributed by atoms with Gasteiger partial charge in [0.2, 0.25) is 0 Å². The van der Waals surface area contributed by atoms with Gasteiger partial charge in [-0.25, -0.2) is 8.78 Å². The molecule has 92 valence electrons. The lowest BCUT2D eigenvalue weighted by molar-refractivity contribution is 0.0641. The predicted molar refractivity (Wildman–Crippen MR) is 57.5 cm³/mol. The van der Waals surface area contributed by atoms with Crippen LogP contribution in [-0.2, 0) is 0 Å². The molecule has 5 heteroatoms. The lowest BCUT2D eigenvalue weighted by Crippen LogP contribution is -2.56. The third kappa shape index (κ3) is 2.44. The average molecular weight is 241 g/mol. The zero-order valence-corrected chi connectivity index (χ0v) is 9.17. The summed E-state index contributed by atoms with van der Waals surface area (Å²) < 4.78 is 25.9. The first kappa shape index (κ1) is 12.0. The van der Waals surface area contributed by atoms with Crippen LogP contribution in [0.25, 0.3) is 0 Å². The van der Waals surface area contributed by atoms with Crippen LogP contribution in [0.3, 0.4) is 0 Å². The summed E-state index contributed by atoms with van der Waals surface area (Å²) in [4.78, 5) is 11.8. The van der Waals surface area contributed by atoms with Crippen LogP contribution in [0.5, 0.6) is 0 Å². The molecule has 17 heavy (non-hydrogen) atoms. The standard InChI is InChI=1S/C12H13F2NO2/c13-9-4-8(5-10(14)6-9)11(17)15-12(7-16)2-1-3-12/h4-6,16H,1-3,7H2,(H,15,17). The quantitative estimate of drug-likeness (QED) is 0.844. The minimum Gasteiger partial charge on any atom is -0.394 e. The first-order valence-corrected chi connectivity index (χ1v) is 5.44. The summed E-state index contributed by atoms with van der Waals surface area (Å²) in [6.07, 6.45) is 2.30. The Hall–Kier alpha value is -1.49. The van der Waals surface area contributed by atoms with Crippen molar-refractivity contribution in [2.45, 2.75) is 24.8 Å². The van der Waals surface area contributed by atoms with Gasteiger partial charge in [-0.05, 0) is 31.4 Å². The summed E-state index contributed by atoms with van der Waals surface area (Å²) in [5.74, 6) is -2.14. The lowest BCUT2D eigenvalue weighted by Gasteiger charge is -2.40. The molecule has 0 atom stereocenters. The normalized spacial score (nSPS) is 17.4. The monoisotopic (exact) mass is 241 g/mol. The van der Waals surface area contributed by atoms with Crippen LogP contribution in [-0.4, -0.2) is 23.2 Å². The highest BCUT2D eigenvalue weighted by molar-refractivity contribution is 5.94. The Bertz CT molecular complexity index is 418. The number of nitrogens with one attached hydrogen (secondary N) is 1. The Labute approximate surface area is 97.5 Å². The summed E-state index contributed by atoms with van der Waals surface area (Å²) in [7, 11) is 0. The van der Waals surface area contributed by atoms with Crippen molar-refractivity contribution in [2.75, 3.05) is 6.61 Å². The van der Waals surface area contributed by atoms with Gasteiger partial charge in [0.25, 0.3) is 5.91 Å². The van der Waals surface area contributed by atoms with Gasteiger partial charge < -0.3 is 10.4 Å². The van der Waals surface area contributed by atoms with E-state index < -0.39 is 23.1 Å². The van der Waals surface area contributed by atoms with Gasteiger partial charge >= 0.3 is 0 Å². The van der Waals surface area contributed by atoms with E-state index in [0.717, 1.165) is 18.6 Å². The number of aliphatic hydroxyl groups excluding tert-OH is 1. The fourth-order valence-corrected chi connectivity index (χ4v) is 1.92. The van der Waals surface area contributed by atoms with E-state index in [1.807, 2.05) is 0 Å².